The third kappa shape index (κ3) is 3.51. The van der Waals surface area contributed by atoms with Gasteiger partial charge in [-0.1, -0.05) is 38.0 Å². The van der Waals surface area contributed by atoms with E-state index in [-0.39, 0.29) is 6.04 Å². The minimum Gasteiger partial charge on any atom is -0.360 e. The molecule has 0 unspecified atom stereocenters. The molecular formula is C15H22N2. The minimum atomic E-state index is 0.0864. The van der Waals surface area contributed by atoms with Gasteiger partial charge in [0.15, 0.2) is 0 Å². The Morgan fingerprint density at radius 1 is 1.35 bits per heavy atom. The van der Waals surface area contributed by atoms with Gasteiger partial charge in [0, 0.05) is 18.3 Å². The Balaban J connectivity index is 3.05. The maximum absolute atomic E-state index is 6.15. The summed E-state index contributed by atoms with van der Waals surface area (Å²) in [4.78, 5) is 2.23. The van der Waals surface area contributed by atoms with Crippen molar-refractivity contribution in [1.82, 2.24) is 0 Å². The van der Waals surface area contributed by atoms with Gasteiger partial charge in [0.1, 0.15) is 0 Å². The highest BCUT2D eigenvalue weighted by Crippen LogP contribution is 2.26. The van der Waals surface area contributed by atoms with Crippen molar-refractivity contribution in [1.29, 1.82) is 0 Å². The van der Waals surface area contributed by atoms with E-state index in [0.717, 1.165) is 19.4 Å². The van der Waals surface area contributed by atoms with Crippen LogP contribution in [-0.4, -0.2) is 13.1 Å². The monoisotopic (exact) mass is 230 g/mol. The Morgan fingerprint density at radius 3 is 2.65 bits per heavy atom. The van der Waals surface area contributed by atoms with E-state index in [9.17, 15) is 0 Å². The lowest BCUT2D eigenvalue weighted by atomic mass is 10.0. The van der Waals surface area contributed by atoms with Crippen molar-refractivity contribution in [3.05, 3.63) is 29.8 Å². The van der Waals surface area contributed by atoms with Crippen LogP contribution in [-0.2, 0) is 0 Å². The van der Waals surface area contributed by atoms with Crippen molar-refractivity contribution in [2.45, 2.75) is 32.7 Å². The first-order valence-corrected chi connectivity index (χ1v) is 6.27. The van der Waals surface area contributed by atoms with E-state index < -0.39 is 0 Å². The van der Waals surface area contributed by atoms with Crippen LogP contribution < -0.4 is 10.6 Å². The molecule has 17 heavy (non-hydrogen) atoms. The molecule has 0 saturated carbocycles. The molecule has 0 amide bonds. The largest absolute Gasteiger partial charge is 0.360 e. The van der Waals surface area contributed by atoms with Crippen molar-refractivity contribution in [2.75, 3.05) is 18.0 Å². The van der Waals surface area contributed by atoms with E-state index in [2.05, 4.69) is 36.8 Å². The smallest absolute Gasteiger partial charge is 0.0791 e. The molecule has 0 aliphatic heterocycles. The van der Waals surface area contributed by atoms with Crippen LogP contribution in [0.3, 0.4) is 0 Å². The number of hydrogen-bond acceptors (Lipinski definition) is 2. The van der Waals surface area contributed by atoms with E-state index in [1.165, 1.54) is 11.3 Å². The van der Waals surface area contributed by atoms with Crippen LogP contribution in [0.4, 0.5) is 5.69 Å². The Bertz CT molecular complexity index is 379. The number of para-hydroxylation sites is 1. The summed E-state index contributed by atoms with van der Waals surface area (Å²) >= 11 is 0. The van der Waals surface area contributed by atoms with E-state index in [4.69, 9.17) is 12.2 Å². The summed E-state index contributed by atoms with van der Waals surface area (Å²) in [5.74, 6) is 2.72. The lowest BCUT2D eigenvalue weighted by Gasteiger charge is -2.26. The molecule has 0 heterocycles. The second-order valence-electron chi connectivity index (χ2n) is 4.20. The number of benzene rings is 1. The fourth-order valence-corrected chi connectivity index (χ4v) is 1.97. The zero-order valence-electron chi connectivity index (χ0n) is 10.8. The number of terminal acetylenes is 1. The second kappa shape index (κ2) is 6.98. The number of nitrogens with zero attached hydrogens (tertiary/aromatic N) is 1. The fraction of sp³-hybridized carbons (Fsp3) is 0.467. The first-order valence-electron chi connectivity index (χ1n) is 6.27. The molecule has 1 aromatic carbocycles. The summed E-state index contributed by atoms with van der Waals surface area (Å²) in [5, 5.41) is 0. The van der Waals surface area contributed by atoms with Gasteiger partial charge in [-0.3, -0.25) is 0 Å². The third-order valence-corrected chi connectivity index (χ3v) is 2.89. The van der Waals surface area contributed by atoms with E-state index in [0.29, 0.717) is 6.54 Å². The molecule has 0 bridgehead atoms. The van der Waals surface area contributed by atoms with Crippen LogP contribution in [0.1, 0.15) is 38.3 Å². The highest BCUT2D eigenvalue weighted by atomic mass is 15.1. The van der Waals surface area contributed by atoms with Crippen molar-refractivity contribution >= 4 is 5.69 Å². The molecule has 0 saturated heterocycles. The average molecular weight is 230 g/mol. The third-order valence-electron chi connectivity index (χ3n) is 2.89. The molecule has 0 aliphatic carbocycles. The molecular weight excluding hydrogens is 208 g/mol. The fourth-order valence-electron chi connectivity index (χ4n) is 1.97. The Hall–Kier alpha value is -1.46. The van der Waals surface area contributed by atoms with Gasteiger partial charge in [-0.15, -0.1) is 6.42 Å². The summed E-state index contributed by atoms with van der Waals surface area (Å²) in [6, 6.07) is 8.37. The van der Waals surface area contributed by atoms with Crippen LogP contribution in [0, 0.1) is 12.3 Å². The van der Waals surface area contributed by atoms with Crippen LogP contribution in [0.15, 0.2) is 24.3 Å². The van der Waals surface area contributed by atoms with E-state index >= 15 is 0 Å². The zero-order valence-corrected chi connectivity index (χ0v) is 10.8. The van der Waals surface area contributed by atoms with Crippen LogP contribution in [0.5, 0.6) is 0 Å². The quantitative estimate of drug-likeness (QED) is 0.761. The maximum Gasteiger partial charge on any atom is 0.0791 e. The van der Waals surface area contributed by atoms with Gasteiger partial charge in [0.25, 0.3) is 0 Å². The van der Waals surface area contributed by atoms with Gasteiger partial charge < -0.3 is 10.6 Å². The summed E-state index contributed by atoms with van der Waals surface area (Å²) in [7, 11) is 0. The van der Waals surface area contributed by atoms with Gasteiger partial charge in [-0.25, -0.2) is 0 Å². The van der Waals surface area contributed by atoms with Crippen molar-refractivity contribution in [2.24, 2.45) is 5.73 Å². The van der Waals surface area contributed by atoms with Crippen LogP contribution in [0.2, 0.25) is 0 Å². The molecule has 0 aromatic heterocycles. The molecule has 1 atom stereocenters. The highest BCUT2D eigenvalue weighted by Gasteiger charge is 2.13. The Labute approximate surface area is 105 Å². The van der Waals surface area contributed by atoms with Gasteiger partial charge >= 0.3 is 0 Å². The maximum atomic E-state index is 6.15. The van der Waals surface area contributed by atoms with Crippen molar-refractivity contribution in [3.8, 4) is 12.3 Å². The second-order valence-corrected chi connectivity index (χ2v) is 4.20. The summed E-state index contributed by atoms with van der Waals surface area (Å²) in [6.07, 6.45) is 7.45. The van der Waals surface area contributed by atoms with Crippen LogP contribution >= 0.6 is 0 Å². The predicted octanol–water partition coefficient (Wildman–Crippen LogP) is 2.95. The van der Waals surface area contributed by atoms with Gasteiger partial charge in [0.2, 0.25) is 0 Å². The zero-order chi connectivity index (χ0) is 12.7. The molecule has 1 aromatic rings. The van der Waals surface area contributed by atoms with Gasteiger partial charge in [-0.05, 0) is 24.5 Å². The predicted molar refractivity (Wildman–Crippen MR) is 75.0 cm³/mol. The first-order chi connectivity index (χ1) is 8.24. The lowest BCUT2D eigenvalue weighted by molar-refractivity contribution is 0.691. The van der Waals surface area contributed by atoms with E-state index in [1.54, 1.807) is 0 Å². The molecule has 0 radical (unpaired) electrons. The summed E-state index contributed by atoms with van der Waals surface area (Å²) < 4.78 is 0. The number of hydrogen-bond donors (Lipinski definition) is 1. The average Bonchev–Trinajstić information content (AvgIpc) is 2.37. The number of anilines is 1. The Kier molecular flexibility index (Phi) is 5.59. The van der Waals surface area contributed by atoms with Gasteiger partial charge in [-0.2, -0.15) is 0 Å². The highest BCUT2D eigenvalue weighted by molar-refractivity contribution is 5.55. The Morgan fingerprint density at radius 2 is 2.06 bits per heavy atom. The topological polar surface area (TPSA) is 29.3 Å². The molecule has 2 N–H and O–H groups in total. The number of rotatable bonds is 6. The standard InChI is InChI=1S/C15H22N2/c1-4-11-17(12-5-2)15-10-8-7-9-13(15)14(16)6-3/h1,7-10,14H,5-6,11-12,16H2,2-3H3/t14-/m0/s1. The molecule has 2 nitrogen and oxygen atoms in total. The van der Waals surface area contributed by atoms with Gasteiger partial charge in [0.05, 0.1) is 6.54 Å². The lowest BCUT2D eigenvalue weighted by Crippen LogP contribution is -2.26. The van der Waals surface area contributed by atoms with Crippen molar-refractivity contribution in [3.63, 3.8) is 0 Å². The molecule has 2 heteroatoms. The van der Waals surface area contributed by atoms with Crippen molar-refractivity contribution < 1.29 is 0 Å². The normalized spacial score (nSPS) is 11.9. The summed E-state index contributed by atoms with van der Waals surface area (Å²) in [5.41, 5.74) is 8.52. The van der Waals surface area contributed by atoms with E-state index in [1.807, 2.05) is 12.1 Å². The molecule has 0 spiro atoms. The molecule has 1 rings (SSSR count). The molecule has 0 aliphatic rings. The molecule has 0 fully saturated rings. The number of nitrogens with two attached hydrogens (primary N) is 1. The summed E-state index contributed by atoms with van der Waals surface area (Å²) in [6.45, 7) is 5.87. The SMILES string of the molecule is C#CCN(CCC)c1ccccc1[C@@H](N)CC. The first kappa shape index (κ1) is 13.6. The molecule has 92 valence electrons. The van der Waals surface area contributed by atoms with Crippen LogP contribution in [0.25, 0.3) is 0 Å². The minimum absolute atomic E-state index is 0.0864.